The van der Waals surface area contributed by atoms with Gasteiger partial charge in [-0.25, -0.2) is 4.98 Å². The molecule has 28 heavy (non-hydrogen) atoms. The van der Waals surface area contributed by atoms with Crippen molar-refractivity contribution >= 4 is 23.3 Å². The Hall–Kier alpha value is -3.19. The number of ketones is 1. The minimum Gasteiger partial charge on any atom is -0.504 e. The van der Waals surface area contributed by atoms with Gasteiger partial charge in [0.2, 0.25) is 0 Å². The lowest BCUT2D eigenvalue weighted by Gasteiger charge is -2.02. The Labute approximate surface area is 167 Å². The highest BCUT2D eigenvalue weighted by atomic mass is 32.1. The number of phenols is 1. The number of Topliss-reactive ketones (excluding diaryl/α,β-unsaturated/α-hetero) is 1. The van der Waals surface area contributed by atoms with Crippen molar-refractivity contribution in [3.8, 4) is 27.8 Å². The lowest BCUT2D eigenvalue weighted by atomic mass is 10.2. The van der Waals surface area contributed by atoms with E-state index < -0.39 is 0 Å². The maximum absolute atomic E-state index is 12.5. The van der Waals surface area contributed by atoms with E-state index in [0.29, 0.717) is 21.9 Å². The van der Waals surface area contributed by atoms with Crippen LogP contribution < -0.4 is 9.47 Å². The van der Waals surface area contributed by atoms with Gasteiger partial charge in [-0.1, -0.05) is 0 Å². The van der Waals surface area contributed by atoms with Crippen molar-refractivity contribution in [3.05, 3.63) is 58.6 Å². The molecule has 0 aliphatic carbocycles. The summed E-state index contributed by atoms with van der Waals surface area (Å²) in [5.74, 6) is 1.09. The molecule has 0 saturated heterocycles. The first-order chi connectivity index (χ1) is 13.5. The highest BCUT2D eigenvalue weighted by molar-refractivity contribution is 7.17. The van der Waals surface area contributed by atoms with Gasteiger partial charge in [-0.05, 0) is 55.0 Å². The minimum atomic E-state index is -0.0938. The number of hydrogen-bond acceptors (Lipinski definition) is 7. The van der Waals surface area contributed by atoms with Crippen molar-refractivity contribution in [3.63, 3.8) is 0 Å². The van der Waals surface area contributed by atoms with Crippen LogP contribution >= 0.6 is 11.3 Å². The number of phenolic OH excluding ortho intramolecular Hbond substituents is 1. The van der Waals surface area contributed by atoms with Crippen molar-refractivity contribution < 1.29 is 19.4 Å². The number of methoxy groups -OCH3 is 2. The van der Waals surface area contributed by atoms with Crippen LogP contribution in [0.2, 0.25) is 0 Å². The number of rotatable bonds is 7. The zero-order valence-corrected chi connectivity index (χ0v) is 16.6. The summed E-state index contributed by atoms with van der Waals surface area (Å²) >= 11 is 1.36. The molecule has 0 atom stereocenters. The number of carbonyl (C=O) groups excluding carboxylic acids is 1. The van der Waals surface area contributed by atoms with Gasteiger partial charge in [-0.3, -0.25) is 9.79 Å². The molecule has 0 spiro atoms. The number of nitrogens with zero attached hydrogens (tertiary/aromatic N) is 2. The van der Waals surface area contributed by atoms with E-state index in [9.17, 15) is 9.90 Å². The molecule has 1 aromatic heterocycles. The van der Waals surface area contributed by atoms with Gasteiger partial charge in [0, 0.05) is 11.8 Å². The van der Waals surface area contributed by atoms with Gasteiger partial charge in [0.05, 0.1) is 24.8 Å². The molecule has 1 heterocycles. The Balaban J connectivity index is 1.70. The number of carbonyl (C=O) groups is 1. The van der Waals surface area contributed by atoms with E-state index in [2.05, 4.69) is 9.98 Å². The Bertz CT molecular complexity index is 1010. The summed E-state index contributed by atoms with van der Waals surface area (Å²) in [4.78, 5) is 21.8. The Kier molecular flexibility index (Phi) is 6.06. The van der Waals surface area contributed by atoms with Gasteiger partial charge in [-0.2, -0.15) is 0 Å². The van der Waals surface area contributed by atoms with E-state index in [0.717, 1.165) is 16.3 Å². The number of thiazole rings is 1. The number of aliphatic imine (C=N–C) groups is 1. The molecule has 3 aromatic rings. The number of hydrogen-bond donors (Lipinski definition) is 1. The van der Waals surface area contributed by atoms with Crippen LogP contribution in [0.15, 0.2) is 47.5 Å². The van der Waals surface area contributed by atoms with Crippen LogP contribution in [-0.4, -0.2) is 42.9 Å². The average Bonchev–Trinajstić information content (AvgIpc) is 3.10. The summed E-state index contributed by atoms with van der Waals surface area (Å²) < 4.78 is 10.2. The van der Waals surface area contributed by atoms with Crippen LogP contribution in [0, 0.1) is 6.92 Å². The molecule has 6 nitrogen and oxygen atoms in total. The normalized spacial score (nSPS) is 11.0. The van der Waals surface area contributed by atoms with Gasteiger partial charge in [0.1, 0.15) is 17.3 Å². The average molecular weight is 396 g/mol. The molecule has 3 rings (SSSR count). The fourth-order valence-corrected chi connectivity index (χ4v) is 3.61. The van der Waals surface area contributed by atoms with Gasteiger partial charge >= 0.3 is 0 Å². The van der Waals surface area contributed by atoms with E-state index in [4.69, 9.17) is 9.47 Å². The number of ether oxygens (including phenoxy) is 2. The number of aromatic hydroxyl groups is 1. The van der Waals surface area contributed by atoms with Crippen LogP contribution in [-0.2, 0) is 0 Å². The molecular weight excluding hydrogens is 376 g/mol. The second-order valence-electron chi connectivity index (χ2n) is 5.99. The van der Waals surface area contributed by atoms with Gasteiger partial charge in [0.25, 0.3) is 0 Å². The highest BCUT2D eigenvalue weighted by Crippen LogP contribution is 2.29. The van der Waals surface area contributed by atoms with Gasteiger partial charge < -0.3 is 14.6 Å². The third kappa shape index (κ3) is 4.37. The Morgan fingerprint density at radius 1 is 1.18 bits per heavy atom. The molecule has 144 valence electrons. The van der Waals surface area contributed by atoms with Crippen molar-refractivity contribution in [2.45, 2.75) is 6.92 Å². The van der Waals surface area contributed by atoms with Crippen LogP contribution in [0.25, 0.3) is 10.6 Å². The van der Waals surface area contributed by atoms with E-state index in [1.807, 2.05) is 31.2 Å². The summed E-state index contributed by atoms with van der Waals surface area (Å²) in [5, 5.41) is 10.6. The summed E-state index contributed by atoms with van der Waals surface area (Å²) in [6.45, 7) is 1.83. The molecule has 1 N–H and O–H groups in total. The summed E-state index contributed by atoms with van der Waals surface area (Å²) in [7, 11) is 3.10. The van der Waals surface area contributed by atoms with Crippen molar-refractivity contribution in [1.29, 1.82) is 0 Å². The number of aryl methyl sites for hydroxylation is 1. The van der Waals surface area contributed by atoms with Crippen molar-refractivity contribution in [2.24, 2.45) is 4.99 Å². The zero-order valence-electron chi connectivity index (χ0n) is 15.8. The SMILES string of the molecule is COc1ccc(-c2nc(C)c(C(=O)CN=Cc3ccc(OC)c(O)c3)s2)cc1. The smallest absolute Gasteiger partial charge is 0.196 e. The molecular formula is C21H20N2O4S. The molecule has 0 unspecified atom stereocenters. The standard InChI is InChI=1S/C21H20N2O4S/c1-13-20(28-21(23-13)15-5-7-16(26-2)8-6-15)18(25)12-22-11-14-4-9-19(27-3)17(24)10-14/h4-11,24H,12H2,1-3H3. The zero-order chi connectivity index (χ0) is 20.1. The minimum absolute atomic E-state index is 0.0118. The first kappa shape index (κ1) is 19.6. The maximum atomic E-state index is 12.5. The summed E-state index contributed by atoms with van der Waals surface area (Å²) in [5.41, 5.74) is 2.31. The first-order valence-corrected chi connectivity index (χ1v) is 9.35. The number of aromatic nitrogens is 1. The molecule has 0 radical (unpaired) electrons. The largest absolute Gasteiger partial charge is 0.504 e. The van der Waals surface area contributed by atoms with E-state index in [1.165, 1.54) is 24.5 Å². The van der Waals surface area contributed by atoms with E-state index >= 15 is 0 Å². The Morgan fingerprint density at radius 2 is 1.93 bits per heavy atom. The summed E-state index contributed by atoms with van der Waals surface area (Å²) in [6, 6.07) is 12.5. The quantitative estimate of drug-likeness (QED) is 0.479. The fraction of sp³-hybridized carbons (Fsp3) is 0.190. The van der Waals surface area contributed by atoms with E-state index in [-0.39, 0.29) is 18.1 Å². The van der Waals surface area contributed by atoms with Crippen LogP contribution in [0.5, 0.6) is 17.2 Å². The Morgan fingerprint density at radius 3 is 2.57 bits per heavy atom. The predicted octanol–water partition coefficient (Wildman–Crippen LogP) is 4.14. The molecule has 0 saturated carbocycles. The second-order valence-corrected chi connectivity index (χ2v) is 6.99. The lowest BCUT2D eigenvalue weighted by molar-refractivity contribution is 0.100. The molecule has 2 aromatic carbocycles. The number of benzene rings is 2. The molecule has 0 bridgehead atoms. The fourth-order valence-electron chi connectivity index (χ4n) is 2.61. The van der Waals surface area contributed by atoms with Crippen LogP contribution in [0.4, 0.5) is 0 Å². The first-order valence-electron chi connectivity index (χ1n) is 8.53. The topological polar surface area (TPSA) is 81.0 Å². The second kappa shape index (κ2) is 8.67. The van der Waals surface area contributed by atoms with Crippen molar-refractivity contribution in [1.82, 2.24) is 4.98 Å². The molecule has 0 aliphatic heterocycles. The van der Waals surface area contributed by atoms with Crippen molar-refractivity contribution in [2.75, 3.05) is 20.8 Å². The van der Waals surface area contributed by atoms with Crippen LogP contribution in [0.3, 0.4) is 0 Å². The molecule has 0 aliphatic rings. The lowest BCUT2D eigenvalue weighted by Crippen LogP contribution is -2.03. The molecule has 0 amide bonds. The third-order valence-corrected chi connectivity index (χ3v) is 5.31. The van der Waals surface area contributed by atoms with Gasteiger partial charge in [0.15, 0.2) is 17.3 Å². The molecule has 0 fully saturated rings. The third-order valence-electron chi connectivity index (χ3n) is 4.06. The summed E-state index contributed by atoms with van der Waals surface area (Å²) in [6.07, 6.45) is 1.55. The molecule has 7 heteroatoms. The highest BCUT2D eigenvalue weighted by Gasteiger charge is 2.15. The van der Waals surface area contributed by atoms with Gasteiger partial charge in [-0.15, -0.1) is 11.3 Å². The van der Waals surface area contributed by atoms with E-state index in [1.54, 1.807) is 25.5 Å². The predicted molar refractivity (Wildman–Crippen MR) is 110 cm³/mol. The van der Waals surface area contributed by atoms with Crippen LogP contribution in [0.1, 0.15) is 20.9 Å². The monoisotopic (exact) mass is 396 g/mol. The maximum Gasteiger partial charge on any atom is 0.196 e.